The molecule has 0 aliphatic carbocycles. The second kappa shape index (κ2) is 5.79. The van der Waals surface area contributed by atoms with E-state index in [9.17, 15) is 13.2 Å². The van der Waals surface area contributed by atoms with Crippen molar-refractivity contribution in [3.63, 3.8) is 0 Å². The highest BCUT2D eigenvalue weighted by Crippen LogP contribution is 2.10. The summed E-state index contributed by atoms with van der Waals surface area (Å²) >= 11 is 0. The zero-order chi connectivity index (χ0) is 12.9. The molecule has 17 heavy (non-hydrogen) atoms. The monoisotopic (exact) mass is 257 g/mol. The minimum absolute atomic E-state index is 0.141. The molecular weight excluding hydrogens is 242 g/mol. The van der Waals surface area contributed by atoms with Gasteiger partial charge in [0.1, 0.15) is 6.54 Å². The van der Waals surface area contributed by atoms with E-state index in [0.717, 1.165) is 5.56 Å². The van der Waals surface area contributed by atoms with Crippen LogP contribution < -0.4 is 4.72 Å². The Morgan fingerprint density at radius 1 is 1.41 bits per heavy atom. The lowest BCUT2D eigenvalue weighted by Gasteiger charge is -2.06. The number of hydrogen-bond donors (Lipinski definition) is 1. The molecule has 0 saturated heterocycles. The SMILES string of the molecule is CCOC(=O)CNS(=O)(=O)c1cccc(C)c1. The Bertz CT molecular complexity index is 496. The number of carbonyl (C=O) groups is 1. The minimum atomic E-state index is -3.65. The van der Waals surface area contributed by atoms with Crippen molar-refractivity contribution in [2.75, 3.05) is 13.2 Å². The third-order valence-corrected chi connectivity index (χ3v) is 3.41. The van der Waals surface area contributed by atoms with Gasteiger partial charge < -0.3 is 4.74 Å². The molecule has 0 bridgehead atoms. The molecule has 6 heteroatoms. The summed E-state index contributed by atoms with van der Waals surface area (Å²) in [6.07, 6.45) is 0. The van der Waals surface area contributed by atoms with Crippen LogP contribution in [0.4, 0.5) is 0 Å². The van der Waals surface area contributed by atoms with Gasteiger partial charge in [0.15, 0.2) is 0 Å². The largest absolute Gasteiger partial charge is 0.465 e. The number of carbonyl (C=O) groups excluding carboxylic acids is 1. The summed E-state index contributed by atoms with van der Waals surface area (Å²) in [4.78, 5) is 11.2. The van der Waals surface area contributed by atoms with E-state index in [2.05, 4.69) is 9.46 Å². The van der Waals surface area contributed by atoms with Crippen LogP contribution in [0.5, 0.6) is 0 Å². The molecule has 1 rings (SSSR count). The molecule has 0 atom stereocenters. The van der Waals surface area contributed by atoms with Crippen LogP contribution >= 0.6 is 0 Å². The minimum Gasteiger partial charge on any atom is -0.465 e. The average Bonchev–Trinajstić information content (AvgIpc) is 2.27. The molecule has 0 heterocycles. The highest BCUT2D eigenvalue weighted by Gasteiger charge is 2.15. The van der Waals surface area contributed by atoms with Gasteiger partial charge in [0.05, 0.1) is 11.5 Å². The number of aryl methyl sites for hydroxylation is 1. The van der Waals surface area contributed by atoms with E-state index in [4.69, 9.17) is 0 Å². The fourth-order valence-electron chi connectivity index (χ4n) is 1.23. The Hall–Kier alpha value is -1.40. The molecule has 1 aromatic carbocycles. The van der Waals surface area contributed by atoms with Crippen molar-refractivity contribution >= 4 is 16.0 Å². The predicted molar refractivity (Wildman–Crippen MR) is 63.0 cm³/mol. The molecule has 0 amide bonds. The third-order valence-electron chi connectivity index (χ3n) is 2.01. The van der Waals surface area contributed by atoms with E-state index in [1.54, 1.807) is 26.0 Å². The first-order chi connectivity index (χ1) is 7.95. The molecule has 0 aromatic heterocycles. The molecule has 0 aliphatic rings. The van der Waals surface area contributed by atoms with Crippen molar-refractivity contribution in [1.82, 2.24) is 4.72 Å². The number of esters is 1. The van der Waals surface area contributed by atoms with Crippen LogP contribution in [0.1, 0.15) is 12.5 Å². The van der Waals surface area contributed by atoms with Crippen LogP contribution in [0.15, 0.2) is 29.2 Å². The number of ether oxygens (including phenoxy) is 1. The van der Waals surface area contributed by atoms with Gasteiger partial charge in [-0.1, -0.05) is 12.1 Å². The summed E-state index contributed by atoms with van der Waals surface area (Å²) in [5.41, 5.74) is 0.837. The molecule has 0 aliphatic heterocycles. The second-order valence-corrected chi connectivity index (χ2v) is 5.21. The fourth-order valence-corrected chi connectivity index (χ4v) is 2.31. The van der Waals surface area contributed by atoms with Gasteiger partial charge >= 0.3 is 5.97 Å². The maximum absolute atomic E-state index is 11.8. The first kappa shape index (κ1) is 13.7. The van der Waals surface area contributed by atoms with Gasteiger partial charge in [-0.15, -0.1) is 0 Å². The number of sulfonamides is 1. The van der Waals surface area contributed by atoms with E-state index < -0.39 is 16.0 Å². The molecular formula is C11H15NO4S. The normalized spacial score (nSPS) is 11.2. The second-order valence-electron chi connectivity index (χ2n) is 3.45. The number of rotatable bonds is 5. The molecule has 0 spiro atoms. The van der Waals surface area contributed by atoms with Gasteiger partial charge in [-0.2, -0.15) is 4.72 Å². The first-order valence-corrected chi connectivity index (χ1v) is 6.66. The summed E-state index contributed by atoms with van der Waals surface area (Å²) in [6.45, 7) is 3.33. The highest BCUT2D eigenvalue weighted by atomic mass is 32.2. The van der Waals surface area contributed by atoms with Gasteiger partial charge in [0.25, 0.3) is 0 Å². The van der Waals surface area contributed by atoms with E-state index in [-0.39, 0.29) is 18.0 Å². The van der Waals surface area contributed by atoms with Gasteiger partial charge in [-0.3, -0.25) is 4.79 Å². The molecule has 94 valence electrons. The third kappa shape index (κ3) is 4.16. The van der Waals surface area contributed by atoms with Gasteiger partial charge in [0, 0.05) is 0 Å². The van der Waals surface area contributed by atoms with Crippen LogP contribution in [0, 0.1) is 6.92 Å². The number of hydrogen-bond acceptors (Lipinski definition) is 4. The standard InChI is InChI=1S/C11H15NO4S/c1-3-16-11(13)8-12-17(14,15)10-6-4-5-9(2)7-10/h4-7,12H,3,8H2,1-2H3. The summed E-state index contributed by atoms with van der Waals surface area (Å²) in [5, 5.41) is 0. The van der Waals surface area contributed by atoms with Crippen molar-refractivity contribution in [3.05, 3.63) is 29.8 Å². The van der Waals surface area contributed by atoms with Crippen molar-refractivity contribution < 1.29 is 17.9 Å². The van der Waals surface area contributed by atoms with Crippen LogP contribution in [0.2, 0.25) is 0 Å². The Morgan fingerprint density at radius 3 is 2.71 bits per heavy atom. The van der Waals surface area contributed by atoms with Crippen molar-refractivity contribution in [1.29, 1.82) is 0 Å². The number of benzene rings is 1. The zero-order valence-electron chi connectivity index (χ0n) is 9.76. The molecule has 0 saturated carbocycles. The molecule has 1 N–H and O–H groups in total. The van der Waals surface area contributed by atoms with E-state index in [0.29, 0.717) is 0 Å². The Kier molecular flexibility index (Phi) is 4.65. The van der Waals surface area contributed by atoms with Gasteiger partial charge in [-0.25, -0.2) is 8.42 Å². The maximum Gasteiger partial charge on any atom is 0.321 e. The zero-order valence-corrected chi connectivity index (χ0v) is 10.6. The quantitative estimate of drug-likeness (QED) is 0.793. The summed E-state index contributed by atoms with van der Waals surface area (Å²) in [6, 6.07) is 6.45. The Morgan fingerprint density at radius 2 is 2.12 bits per heavy atom. The smallest absolute Gasteiger partial charge is 0.321 e. The lowest BCUT2D eigenvalue weighted by Crippen LogP contribution is -2.30. The van der Waals surface area contributed by atoms with Crippen molar-refractivity contribution in [2.24, 2.45) is 0 Å². The van der Waals surface area contributed by atoms with Gasteiger partial charge in [-0.05, 0) is 31.5 Å². The molecule has 5 nitrogen and oxygen atoms in total. The van der Waals surface area contributed by atoms with E-state index in [1.165, 1.54) is 12.1 Å². The molecule has 1 aromatic rings. The van der Waals surface area contributed by atoms with Crippen LogP contribution in [-0.4, -0.2) is 27.5 Å². The molecule has 0 radical (unpaired) electrons. The molecule has 0 unspecified atom stereocenters. The first-order valence-electron chi connectivity index (χ1n) is 5.17. The van der Waals surface area contributed by atoms with E-state index >= 15 is 0 Å². The number of nitrogens with one attached hydrogen (secondary N) is 1. The summed E-state index contributed by atoms with van der Waals surface area (Å²) in [5.74, 6) is -0.594. The van der Waals surface area contributed by atoms with E-state index in [1.807, 2.05) is 0 Å². The van der Waals surface area contributed by atoms with Crippen LogP contribution in [0.25, 0.3) is 0 Å². The Balaban J connectivity index is 2.73. The van der Waals surface area contributed by atoms with Crippen molar-refractivity contribution in [2.45, 2.75) is 18.7 Å². The predicted octanol–water partition coefficient (Wildman–Crippen LogP) is 0.836. The average molecular weight is 257 g/mol. The summed E-state index contributed by atoms with van der Waals surface area (Å²) < 4.78 is 30.4. The molecule has 0 fully saturated rings. The summed E-state index contributed by atoms with van der Waals surface area (Å²) in [7, 11) is -3.65. The lowest BCUT2D eigenvalue weighted by molar-refractivity contribution is -0.141. The van der Waals surface area contributed by atoms with Gasteiger partial charge in [0.2, 0.25) is 10.0 Å². The van der Waals surface area contributed by atoms with Crippen LogP contribution in [-0.2, 0) is 19.6 Å². The maximum atomic E-state index is 11.8. The fraction of sp³-hybridized carbons (Fsp3) is 0.364. The topological polar surface area (TPSA) is 72.5 Å². The Labute approximate surface area is 101 Å². The lowest BCUT2D eigenvalue weighted by atomic mass is 10.2. The van der Waals surface area contributed by atoms with Crippen molar-refractivity contribution in [3.8, 4) is 0 Å². The highest BCUT2D eigenvalue weighted by molar-refractivity contribution is 7.89. The van der Waals surface area contributed by atoms with Crippen LogP contribution in [0.3, 0.4) is 0 Å².